The first kappa shape index (κ1) is 15.1. The van der Waals surface area contributed by atoms with E-state index in [0.29, 0.717) is 5.75 Å². The monoisotopic (exact) mass is 405 g/mol. The molecule has 116 valence electrons. The van der Waals surface area contributed by atoms with Gasteiger partial charge in [-0.05, 0) is 29.1 Å². The smallest absolute Gasteiger partial charge is 0.259 e. The summed E-state index contributed by atoms with van der Waals surface area (Å²) < 4.78 is 1.03. The number of aliphatic imine (C=N–C) groups is 1. The van der Waals surface area contributed by atoms with E-state index in [0.717, 1.165) is 28.0 Å². The van der Waals surface area contributed by atoms with Gasteiger partial charge >= 0.3 is 5.24 Å². The number of thiophene rings is 1. The molecular formula is C16H12BrN3OS2. The zero-order chi connectivity index (χ0) is 15.8. The van der Waals surface area contributed by atoms with Gasteiger partial charge in [-0.15, -0.1) is 11.3 Å². The number of nitrogens with zero attached hydrogens (tertiary/aromatic N) is 3. The summed E-state index contributed by atoms with van der Waals surface area (Å²) >= 11 is 6.46. The molecule has 0 N–H and O–H groups in total. The van der Waals surface area contributed by atoms with E-state index in [1.807, 2.05) is 23.2 Å². The molecule has 2 aliphatic heterocycles. The Morgan fingerprint density at radius 3 is 2.87 bits per heavy atom. The molecule has 0 fully saturated rings. The average Bonchev–Trinajstić information content (AvgIpc) is 3.26. The van der Waals surface area contributed by atoms with Crippen molar-refractivity contribution < 1.29 is 4.79 Å². The summed E-state index contributed by atoms with van der Waals surface area (Å²) in [6, 6.07) is 12.4. The molecule has 0 spiro atoms. The second-order valence-electron chi connectivity index (χ2n) is 5.22. The molecule has 2 aliphatic rings. The maximum Gasteiger partial charge on any atom is 0.307 e. The molecule has 4 nitrogen and oxygen atoms in total. The fourth-order valence-corrected chi connectivity index (χ4v) is 4.54. The Morgan fingerprint density at radius 2 is 2.17 bits per heavy atom. The van der Waals surface area contributed by atoms with Gasteiger partial charge in [-0.2, -0.15) is 10.1 Å². The van der Waals surface area contributed by atoms with Gasteiger partial charge in [-0.1, -0.05) is 45.9 Å². The molecule has 0 bridgehead atoms. The van der Waals surface area contributed by atoms with Gasteiger partial charge < -0.3 is 0 Å². The molecule has 4 rings (SSSR count). The number of rotatable bonds is 2. The van der Waals surface area contributed by atoms with E-state index in [1.54, 1.807) is 11.3 Å². The number of carbonyl (C=O) groups is 1. The van der Waals surface area contributed by atoms with Crippen LogP contribution in [-0.2, 0) is 0 Å². The van der Waals surface area contributed by atoms with Crippen LogP contribution in [0.3, 0.4) is 0 Å². The van der Waals surface area contributed by atoms with Crippen LogP contribution in [-0.4, -0.2) is 27.5 Å². The van der Waals surface area contributed by atoms with Gasteiger partial charge in [0, 0.05) is 15.8 Å². The molecule has 2 aromatic rings. The van der Waals surface area contributed by atoms with Crippen LogP contribution in [0.4, 0.5) is 4.79 Å². The molecule has 23 heavy (non-hydrogen) atoms. The Kier molecular flexibility index (Phi) is 4.09. The minimum atomic E-state index is -0.129. The first-order valence-corrected chi connectivity index (χ1v) is 9.77. The Morgan fingerprint density at radius 1 is 1.26 bits per heavy atom. The first-order chi connectivity index (χ1) is 11.2. The van der Waals surface area contributed by atoms with Gasteiger partial charge in [-0.3, -0.25) is 4.79 Å². The molecule has 3 heterocycles. The highest BCUT2D eigenvalue weighted by Gasteiger charge is 2.34. The number of thioether (sulfide) groups is 1. The predicted molar refractivity (Wildman–Crippen MR) is 99.5 cm³/mol. The number of hydrazone groups is 1. The second kappa shape index (κ2) is 6.22. The van der Waals surface area contributed by atoms with Crippen LogP contribution in [0, 0.1) is 0 Å². The van der Waals surface area contributed by atoms with Crippen LogP contribution in [0.15, 0.2) is 56.3 Å². The van der Waals surface area contributed by atoms with Crippen LogP contribution in [0.5, 0.6) is 0 Å². The van der Waals surface area contributed by atoms with Crippen molar-refractivity contribution >= 4 is 55.8 Å². The van der Waals surface area contributed by atoms with Crippen LogP contribution in [0.25, 0.3) is 0 Å². The van der Waals surface area contributed by atoms with Crippen molar-refractivity contribution in [3.05, 3.63) is 56.7 Å². The minimum absolute atomic E-state index is 0.120. The van der Waals surface area contributed by atoms with Crippen LogP contribution < -0.4 is 0 Å². The highest BCUT2D eigenvalue weighted by Crippen LogP contribution is 2.37. The molecule has 1 unspecified atom stereocenters. The van der Waals surface area contributed by atoms with E-state index in [4.69, 9.17) is 5.10 Å². The van der Waals surface area contributed by atoms with Crippen molar-refractivity contribution in [1.29, 1.82) is 0 Å². The number of carbonyl (C=O) groups excluding carboxylic acids is 1. The lowest BCUT2D eigenvalue weighted by molar-refractivity contribution is 0.267. The number of hydrogen-bond donors (Lipinski definition) is 0. The normalized spacial score (nSPS) is 20.8. The number of benzene rings is 1. The molecule has 0 saturated heterocycles. The highest BCUT2D eigenvalue weighted by atomic mass is 79.9. The van der Waals surface area contributed by atoms with E-state index in [1.165, 1.54) is 16.6 Å². The van der Waals surface area contributed by atoms with Crippen molar-refractivity contribution in [3.63, 3.8) is 0 Å². The zero-order valence-corrected chi connectivity index (χ0v) is 15.2. The summed E-state index contributed by atoms with van der Waals surface area (Å²) in [6.45, 7) is 0. The molecule has 1 aromatic carbocycles. The standard InChI is InChI=1S/C16H12BrN3OS2/c17-11-4-1-3-10(7-11)12-8-13(14-5-2-6-22-14)20(19-12)15-9-23-16(21)18-15/h1-7,13H,8-9H2. The fourth-order valence-electron chi connectivity index (χ4n) is 2.71. The van der Waals surface area contributed by atoms with Crippen molar-refractivity contribution in [2.24, 2.45) is 10.1 Å². The highest BCUT2D eigenvalue weighted by molar-refractivity contribution is 9.10. The molecular weight excluding hydrogens is 394 g/mol. The van der Waals surface area contributed by atoms with Gasteiger partial charge in [-0.25, -0.2) is 5.01 Å². The van der Waals surface area contributed by atoms with Gasteiger partial charge in [0.1, 0.15) is 5.84 Å². The largest absolute Gasteiger partial charge is 0.307 e. The summed E-state index contributed by atoms with van der Waals surface area (Å²) in [6.07, 6.45) is 0.814. The predicted octanol–water partition coefficient (Wildman–Crippen LogP) is 4.93. The van der Waals surface area contributed by atoms with Gasteiger partial charge in [0.2, 0.25) is 0 Å². The van der Waals surface area contributed by atoms with E-state index >= 15 is 0 Å². The number of halogens is 1. The molecule has 1 amide bonds. The lowest BCUT2D eigenvalue weighted by atomic mass is 10.0. The summed E-state index contributed by atoms with van der Waals surface area (Å²) in [7, 11) is 0. The summed E-state index contributed by atoms with van der Waals surface area (Å²) in [4.78, 5) is 16.9. The Balaban J connectivity index is 1.72. The Bertz CT molecular complexity index is 816. The second-order valence-corrected chi connectivity index (χ2v) is 8.04. The Hall–Kier alpha value is -1.44. The first-order valence-electron chi connectivity index (χ1n) is 7.11. The van der Waals surface area contributed by atoms with Crippen LogP contribution in [0.2, 0.25) is 0 Å². The van der Waals surface area contributed by atoms with Crippen molar-refractivity contribution in [3.8, 4) is 0 Å². The number of amides is 1. The molecule has 0 saturated carbocycles. The average molecular weight is 406 g/mol. The van der Waals surface area contributed by atoms with E-state index < -0.39 is 0 Å². The summed E-state index contributed by atoms with van der Waals surface area (Å²) in [5, 5.41) is 8.66. The quantitative estimate of drug-likeness (QED) is 0.711. The topological polar surface area (TPSA) is 45.0 Å². The zero-order valence-electron chi connectivity index (χ0n) is 12.0. The van der Waals surface area contributed by atoms with E-state index in [-0.39, 0.29) is 11.3 Å². The lowest BCUT2D eigenvalue weighted by Gasteiger charge is -2.21. The third kappa shape index (κ3) is 3.00. The van der Waals surface area contributed by atoms with Crippen LogP contribution >= 0.6 is 39.0 Å². The van der Waals surface area contributed by atoms with Crippen molar-refractivity contribution in [2.45, 2.75) is 12.5 Å². The summed E-state index contributed by atoms with van der Waals surface area (Å²) in [5.74, 6) is 1.35. The fraction of sp³-hybridized carbons (Fsp3) is 0.188. The van der Waals surface area contributed by atoms with Gasteiger partial charge in [0.25, 0.3) is 0 Å². The van der Waals surface area contributed by atoms with Crippen molar-refractivity contribution in [2.75, 3.05) is 5.75 Å². The summed E-state index contributed by atoms with van der Waals surface area (Å²) in [5.41, 5.74) is 2.12. The van der Waals surface area contributed by atoms with E-state index in [9.17, 15) is 4.79 Å². The SMILES string of the molecule is O=C1N=C(N2N=C(c3cccc(Br)c3)CC2c2cccs2)CS1. The van der Waals surface area contributed by atoms with Crippen LogP contribution in [0.1, 0.15) is 22.9 Å². The van der Waals surface area contributed by atoms with Gasteiger partial charge in [0.05, 0.1) is 17.5 Å². The minimum Gasteiger partial charge on any atom is -0.259 e. The van der Waals surface area contributed by atoms with E-state index in [2.05, 4.69) is 44.5 Å². The Labute approximate surface area is 150 Å². The lowest BCUT2D eigenvalue weighted by Crippen LogP contribution is -2.26. The van der Waals surface area contributed by atoms with Crippen molar-refractivity contribution in [1.82, 2.24) is 5.01 Å². The molecule has 7 heteroatoms. The number of amidine groups is 1. The number of hydrogen-bond acceptors (Lipinski definition) is 5. The molecule has 1 aromatic heterocycles. The van der Waals surface area contributed by atoms with Gasteiger partial charge in [0.15, 0.2) is 0 Å². The molecule has 0 radical (unpaired) electrons. The third-order valence-electron chi connectivity index (χ3n) is 3.75. The molecule has 1 atom stereocenters. The maximum absolute atomic E-state index is 11.5. The third-order valence-corrected chi connectivity index (χ3v) is 5.96. The maximum atomic E-state index is 11.5. The molecule has 0 aliphatic carbocycles.